The maximum absolute atomic E-state index is 13.0. The van der Waals surface area contributed by atoms with E-state index >= 15 is 0 Å². The van der Waals surface area contributed by atoms with Crippen molar-refractivity contribution in [3.05, 3.63) is 55.8 Å². The largest absolute Gasteiger partial charge is 0.335 e. The summed E-state index contributed by atoms with van der Waals surface area (Å²) in [4.78, 5) is 25.6. The first-order valence-electron chi connectivity index (χ1n) is 9.24. The minimum atomic E-state index is -3.88. The molecule has 0 N–H and O–H groups in total. The van der Waals surface area contributed by atoms with Crippen molar-refractivity contribution in [3.8, 4) is 0 Å². The predicted molar refractivity (Wildman–Crippen MR) is 111 cm³/mol. The van der Waals surface area contributed by atoms with Crippen molar-refractivity contribution >= 4 is 33.0 Å². The molecule has 2 heterocycles. The minimum absolute atomic E-state index is 0.0631. The number of carbonyl (C=O) groups is 1. The normalized spacial score (nSPS) is 15.7. The van der Waals surface area contributed by atoms with Gasteiger partial charge in [-0.3, -0.25) is 14.9 Å². The van der Waals surface area contributed by atoms with Crippen molar-refractivity contribution in [1.29, 1.82) is 0 Å². The van der Waals surface area contributed by atoms with Crippen LogP contribution in [0.15, 0.2) is 34.5 Å². The second kappa shape index (κ2) is 8.21. The average Bonchev–Trinajstić information content (AvgIpc) is 3.17. The molecule has 29 heavy (non-hydrogen) atoms. The van der Waals surface area contributed by atoms with Crippen LogP contribution in [0.1, 0.15) is 40.6 Å². The van der Waals surface area contributed by atoms with E-state index in [0.29, 0.717) is 10.4 Å². The lowest BCUT2D eigenvalue weighted by Gasteiger charge is -2.34. The molecule has 1 aromatic carbocycles. The summed E-state index contributed by atoms with van der Waals surface area (Å²) < 4.78 is 27.4. The van der Waals surface area contributed by atoms with E-state index < -0.39 is 14.9 Å². The summed E-state index contributed by atoms with van der Waals surface area (Å²) in [6, 6.07) is 5.78. The number of benzene rings is 1. The monoisotopic (exact) mass is 437 g/mol. The number of amides is 1. The Bertz CT molecular complexity index is 1040. The van der Waals surface area contributed by atoms with Gasteiger partial charge in [0.25, 0.3) is 11.6 Å². The fraction of sp³-hybridized carbons (Fsp3) is 0.421. The second-order valence-corrected chi connectivity index (χ2v) is 10.1. The smallest absolute Gasteiger partial charge is 0.270 e. The molecular formula is C19H23N3O5S2. The van der Waals surface area contributed by atoms with Crippen molar-refractivity contribution in [2.45, 2.75) is 31.6 Å². The number of thiophene rings is 1. The molecule has 1 amide bonds. The highest BCUT2D eigenvalue weighted by Gasteiger charge is 2.33. The summed E-state index contributed by atoms with van der Waals surface area (Å²) in [6.45, 7) is 6.54. The van der Waals surface area contributed by atoms with Gasteiger partial charge >= 0.3 is 0 Å². The maximum atomic E-state index is 13.0. The van der Waals surface area contributed by atoms with Gasteiger partial charge in [-0.2, -0.15) is 4.31 Å². The minimum Gasteiger partial charge on any atom is -0.335 e. The highest BCUT2D eigenvalue weighted by Crippen LogP contribution is 2.28. The van der Waals surface area contributed by atoms with Gasteiger partial charge in [0, 0.05) is 38.3 Å². The number of nitrogens with zero attached hydrogens (tertiary/aromatic N) is 3. The van der Waals surface area contributed by atoms with Gasteiger partial charge in [0.2, 0.25) is 10.0 Å². The van der Waals surface area contributed by atoms with Gasteiger partial charge in [-0.15, -0.1) is 11.3 Å². The number of nitro benzene ring substituents is 1. The van der Waals surface area contributed by atoms with E-state index in [2.05, 4.69) is 0 Å². The van der Waals surface area contributed by atoms with E-state index in [1.54, 1.807) is 11.8 Å². The topological polar surface area (TPSA) is 101 Å². The quantitative estimate of drug-likeness (QED) is 0.528. The van der Waals surface area contributed by atoms with Gasteiger partial charge < -0.3 is 4.90 Å². The van der Waals surface area contributed by atoms with Gasteiger partial charge in [-0.25, -0.2) is 8.42 Å². The first-order valence-corrected chi connectivity index (χ1v) is 11.6. The van der Waals surface area contributed by atoms with E-state index in [-0.39, 0.29) is 48.6 Å². The zero-order valence-electron chi connectivity index (χ0n) is 16.5. The van der Waals surface area contributed by atoms with Crippen LogP contribution in [0.2, 0.25) is 0 Å². The highest BCUT2D eigenvalue weighted by molar-refractivity contribution is 7.89. The van der Waals surface area contributed by atoms with Gasteiger partial charge in [0.15, 0.2) is 0 Å². The SMILES string of the molecule is Cc1ccc([N+](=O)[O-])cc1S(=O)(=O)N1CCN(C(=O)c2sccc2C(C)C)CC1. The van der Waals surface area contributed by atoms with Crippen molar-refractivity contribution < 1.29 is 18.1 Å². The molecular weight excluding hydrogens is 414 g/mol. The molecule has 0 radical (unpaired) electrons. The molecule has 1 saturated heterocycles. The molecule has 3 rings (SSSR count). The molecule has 1 aliphatic rings. The van der Waals surface area contributed by atoms with Crippen molar-refractivity contribution in [2.75, 3.05) is 26.2 Å². The Kier molecular flexibility index (Phi) is 6.06. The molecule has 0 atom stereocenters. The van der Waals surface area contributed by atoms with Crippen molar-refractivity contribution in [1.82, 2.24) is 9.21 Å². The van der Waals surface area contributed by atoms with Gasteiger partial charge in [-0.1, -0.05) is 19.9 Å². The van der Waals surface area contributed by atoms with E-state index in [9.17, 15) is 23.3 Å². The summed E-state index contributed by atoms with van der Waals surface area (Å²) in [6.07, 6.45) is 0. The fourth-order valence-corrected chi connectivity index (χ4v) is 6.03. The molecule has 0 bridgehead atoms. The number of sulfonamides is 1. The molecule has 0 saturated carbocycles. The summed E-state index contributed by atoms with van der Waals surface area (Å²) in [5.74, 6) is 0.158. The van der Waals surface area contributed by atoms with Crippen molar-refractivity contribution in [2.24, 2.45) is 0 Å². The van der Waals surface area contributed by atoms with Crippen LogP contribution in [-0.2, 0) is 10.0 Å². The maximum Gasteiger partial charge on any atom is 0.270 e. The molecule has 0 spiro atoms. The Morgan fingerprint density at radius 2 is 1.83 bits per heavy atom. The molecule has 0 unspecified atom stereocenters. The molecule has 10 heteroatoms. The van der Waals surface area contributed by atoms with Crippen LogP contribution in [0.5, 0.6) is 0 Å². The summed E-state index contributed by atoms with van der Waals surface area (Å²) in [5, 5.41) is 12.9. The number of carbonyl (C=O) groups excluding carboxylic acids is 1. The highest BCUT2D eigenvalue weighted by atomic mass is 32.2. The van der Waals surface area contributed by atoms with E-state index in [4.69, 9.17) is 0 Å². The molecule has 1 fully saturated rings. The fourth-order valence-electron chi connectivity index (χ4n) is 3.34. The van der Waals surface area contributed by atoms with Crippen LogP contribution in [0.4, 0.5) is 5.69 Å². The number of hydrogen-bond acceptors (Lipinski definition) is 6. The number of aryl methyl sites for hydroxylation is 1. The van der Waals surface area contributed by atoms with Crippen LogP contribution < -0.4 is 0 Å². The van der Waals surface area contributed by atoms with E-state index in [0.717, 1.165) is 11.6 Å². The Morgan fingerprint density at radius 1 is 1.17 bits per heavy atom. The molecule has 2 aromatic rings. The Balaban J connectivity index is 1.76. The summed E-state index contributed by atoms with van der Waals surface area (Å²) >= 11 is 1.40. The Hall–Kier alpha value is -2.30. The molecule has 156 valence electrons. The lowest BCUT2D eigenvalue weighted by atomic mass is 10.0. The Labute approximate surface area is 174 Å². The number of nitro groups is 1. The first-order chi connectivity index (χ1) is 13.6. The Morgan fingerprint density at radius 3 is 2.41 bits per heavy atom. The lowest BCUT2D eigenvalue weighted by molar-refractivity contribution is -0.385. The van der Waals surface area contributed by atoms with Gasteiger partial charge in [0.05, 0.1) is 14.7 Å². The lowest BCUT2D eigenvalue weighted by Crippen LogP contribution is -2.50. The second-order valence-electron chi connectivity index (χ2n) is 7.26. The van der Waals surface area contributed by atoms with E-state index in [1.807, 2.05) is 25.3 Å². The molecule has 1 aliphatic heterocycles. The first kappa shape index (κ1) is 21.4. The molecule has 1 aromatic heterocycles. The third-order valence-electron chi connectivity index (χ3n) is 5.04. The number of rotatable bonds is 5. The third kappa shape index (κ3) is 4.19. The predicted octanol–water partition coefficient (Wildman–Crippen LogP) is 3.23. The zero-order valence-corrected chi connectivity index (χ0v) is 18.1. The standard InChI is InChI=1S/C19H23N3O5S2/c1-13(2)16-6-11-28-18(16)19(23)20-7-9-21(10-8-20)29(26,27)17-12-15(22(24)25)5-4-14(17)3/h4-6,11-13H,7-10H2,1-3H3. The van der Waals surface area contributed by atoms with E-state index in [1.165, 1.54) is 27.8 Å². The van der Waals surface area contributed by atoms with Gasteiger partial charge in [-0.05, 0) is 35.4 Å². The van der Waals surface area contributed by atoms with Crippen molar-refractivity contribution in [3.63, 3.8) is 0 Å². The number of non-ortho nitro benzene ring substituents is 1. The van der Waals surface area contributed by atoms with Crippen LogP contribution in [0.3, 0.4) is 0 Å². The summed E-state index contributed by atoms with van der Waals surface area (Å²) in [5.41, 5.74) is 1.19. The van der Waals surface area contributed by atoms with Crippen LogP contribution in [0, 0.1) is 17.0 Å². The zero-order chi connectivity index (χ0) is 21.3. The number of piperazine rings is 1. The molecule has 0 aliphatic carbocycles. The van der Waals surface area contributed by atoms with Gasteiger partial charge in [0.1, 0.15) is 0 Å². The van der Waals surface area contributed by atoms with Crippen LogP contribution >= 0.6 is 11.3 Å². The summed E-state index contributed by atoms with van der Waals surface area (Å²) in [7, 11) is -3.88. The van der Waals surface area contributed by atoms with Crippen LogP contribution in [0.25, 0.3) is 0 Å². The molecule has 8 nitrogen and oxygen atoms in total. The number of hydrogen-bond donors (Lipinski definition) is 0. The van der Waals surface area contributed by atoms with Crippen LogP contribution in [-0.4, -0.2) is 54.6 Å². The average molecular weight is 438 g/mol. The third-order valence-corrected chi connectivity index (χ3v) is 8.00.